The van der Waals surface area contributed by atoms with Crippen LogP contribution in [0.15, 0.2) is 176 Å². The van der Waals surface area contributed by atoms with Gasteiger partial charge in [-0.25, -0.2) is 14.8 Å². The van der Waals surface area contributed by atoms with Crippen molar-refractivity contribution in [1.82, 2.24) is 19.9 Å². The van der Waals surface area contributed by atoms with Gasteiger partial charge in [-0.1, -0.05) is 91.0 Å². The lowest BCUT2D eigenvalue weighted by Gasteiger charge is -2.16. The molecule has 3 aromatic heterocycles. The largest absolute Gasteiger partial charge is 0.478 e. The maximum atomic E-state index is 12.9. The van der Waals surface area contributed by atoms with Gasteiger partial charge in [0.15, 0.2) is 0 Å². The molecule has 0 fully saturated rings. The van der Waals surface area contributed by atoms with E-state index < -0.39 is 88.5 Å². The molecule has 16 bridgehead atoms. The number of nitrogens with zero attached hydrogens (tertiary/aromatic N) is 6. The van der Waals surface area contributed by atoms with E-state index in [1.807, 2.05) is 133 Å². The zero-order chi connectivity index (χ0) is 58.6. The molecule has 0 unspecified atom stereocenters. The second-order valence-electron chi connectivity index (χ2n) is 19.3. The molecule has 0 saturated heterocycles. The number of nitrogens with one attached hydrogen (secondary N) is 2. The third kappa shape index (κ3) is 9.80. The van der Waals surface area contributed by atoms with Gasteiger partial charge in [0.2, 0.25) is 23.0 Å². The second kappa shape index (κ2) is 20.8. The van der Waals surface area contributed by atoms with Crippen LogP contribution in [0.2, 0.25) is 0 Å². The van der Waals surface area contributed by atoms with E-state index in [-0.39, 0.29) is 17.1 Å². The van der Waals surface area contributed by atoms with Crippen LogP contribution < -0.4 is 18.9 Å². The summed E-state index contributed by atoms with van der Waals surface area (Å²) >= 11 is 0. The zero-order valence-electron chi connectivity index (χ0n) is 43.5. The van der Waals surface area contributed by atoms with Crippen molar-refractivity contribution >= 4 is 75.1 Å². The number of benzene rings is 7. The summed E-state index contributed by atoms with van der Waals surface area (Å²) in [4.78, 5) is 77.6. The number of nitro groups is 4. The van der Waals surface area contributed by atoms with Crippen LogP contribution >= 0.6 is 0 Å². The quantitative estimate of drug-likeness (QED) is 0.0893. The molecule has 10 aromatic rings. The van der Waals surface area contributed by atoms with Crippen LogP contribution in [-0.4, -0.2) is 50.7 Å². The minimum Gasteiger partial charge on any atom is -0.478 e. The highest BCUT2D eigenvalue weighted by molar-refractivity contribution is 6.00. The van der Waals surface area contributed by atoms with Crippen molar-refractivity contribution in [2.24, 2.45) is 0 Å². The Morgan fingerprint density at radius 3 is 0.929 bits per heavy atom. The average Bonchev–Trinajstić information content (AvgIpc) is 3.95. The van der Waals surface area contributed by atoms with Crippen LogP contribution in [0.25, 0.3) is 90.9 Å². The summed E-state index contributed by atoms with van der Waals surface area (Å²) in [6.07, 6.45) is 7.54. The number of carboxylic acid groups (broad SMARTS) is 1. The molecular weight excluding hydrogens is 1090 g/mol. The number of carboxylic acids is 1. The van der Waals surface area contributed by atoms with Crippen LogP contribution in [0, 0.1) is 40.5 Å². The maximum absolute atomic E-state index is 12.9. The van der Waals surface area contributed by atoms with E-state index in [1.165, 1.54) is 18.2 Å². The van der Waals surface area contributed by atoms with Gasteiger partial charge in [0.1, 0.15) is 35.1 Å². The van der Waals surface area contributed by atoms with E-state index in [2.05, 4.69) is 9.97 Å². The molecule has 3 N–H and O–H groups in total. The van der Waals surface area contributed by atoms with Crippen molar-refractivity contribution in [3.05, 3.63) is 245 Å². The molecule has 3 aliphatic rings. The van der Waals surface area contributed by atoms with Gasteiger partial charge >= 0.3 is 28.7 Å². The van der Waals surface area contributed by atoms with E-state index in [1.54, 1.807) is 6.08 Å². The third-order valence-electron chi connectivity index (χ3n) is 14.0. The maximum Gasteiger partial charge on any atom is 0.335 e. The monoisotopic (exact) mass is 1130 g/mol. The van der Waals surface area contributed by atoms with E-state index in [9.17, 15) is 50.4 Å². The molecule has 22 heteroatoms. The van der Waals surface area contributed by atoms with Gasteiger partial charge in [0.25, 0.3) is 0 Å². The standard InChI is InChI=1S/C63H36N8O14/c72-63(73)38-26-41-29-42(27-38)85-58-33-56(52(69(76)77)31-54(58)71(80)81)83-40-25-37(24-39(28-40)82-55-32-57(84-41)53(70(78)79)30-51(55)68(74)75)62-49-22-20-47(66-49)60(35-12-6-2-7-13-35)45-18-16-43(64-45)59(34-10-4-1-5-11-34)44-17-19-46(65-44)61(36-14-8-3-9-15-36)48-21-23-50(62)67-48/h1-33,64,67H,(H,72,73). The first-order valence-corrected chi connectivity index (χ1v) is 25.7. The molecule has 3 aliphatic heterocycles. The number of rotatable bonds is 9. The predicted octanol–water partition coefficient (Wildman–Crippen LogP) is 16.1. The Hall–Kier alpha value is -12.6. The summed E-state index contributed by atoms with van der Waals surface area (Å²) in [5, 5.41) is 61.0. The molecule has 85 heavy (non-hydrogen) atoms. The van der Waals surface area contributed by atoms with Gasteiger partial charge in [0.05, 0.1) is 48.0 Å². The SMILES string of the molecule is O=C(O)c1cc2cc(c1)Oc1cc(c([N+](=O)[O-])cc1[N+](=O)[O-])Oc1cc(cc(-c3c4nc(c(-c5ccccc5)c5ccc([nH]5)c(-c5ccccc5)c5nc(c(-c6ccccc6)c6ccc3[nH]6)C=C5)C=C4)c1)Oc1cc(c([N+](=O)[O-])cc1[N+](=O)[O-])O2. The first-order valence-electron chi connectivity index (χ1n) is 25.7. The average molecular weight is 1130 g/mol. The third-order valence-corrected chi connectivity index (χ3v) is 14.0. The smallest absolute Gasteiger partial charge is 0.335 e. The molecule has 7 aromatic carbocycles. The highest BCUT2D eigenvalue weighted by Crippen LogP contribution is 2.49. The van der Waals surface area contributed by atoms with Gasteiger partial charge < -0.3 is 34.0 Å². The lowest BCUT2D eigenvalue weighted by Crippen LogP contribution is -2.02. The molecule has 0 atom stereocenters. The van der Waals surface area contributed by atoms with Gasteiger partial charge in [-0.05, 0) is 95.1 Å². The lowest BCUT2D eigenvalue weighted by atomic mass is 10.0. The minimum absolute atomic E-state index is 0.214. The number of aromatic carboxylic acids is 1. The lowest BCUT2D eigenvalue weighted by molar-refractivity contribution is -0.395. The topological polar surface area (TPSA) is 304 Å². The van der Waals surface area contributed by atoms with Gasteiger partial charge in [-0.2, -0.15) is 0 Å². The number of fused-ring (bicyclic) bond motifs is 16. The summed E-state index contributed by atoms with van der Waals surface area (Å²) in [5.41, 5.74) is 5.88. The Balaban J connectivity index is 1.13. The Bertz CT molecular complexity index is 4610. The Morgan fingerprint density at radius 2 is 0.647 bits per heavy atom. The molecule has 0 spiro atoms. The minimum atomic E-state index is -1.55. The molecule has 0 aliphatic carbocycles. The van der Waals surface area contributed by atoms with Crippen molar-refractivity contribution < 1.29 is 48.5 Å². The van der Waals surface area contributed by atoms with Crippen molar-refractivity contribution in [3.8, 4) is 90.5 Å². The molecule has 0 amide bonds. The molecule has 0 radical (unpaired) electrons. The van der Waals surface area contributed by atoms with Gasteiger partial charge in [-0.3, -0.25) is 40.5 Å². The van der Waals surface area contributed by atoms with Crippen LogP contribution in [-0.2, 0) is 0 Å². The fraction of sp³-hybridized carbons (Fsp3) is 0. The van der Waals surface area contributed by atoms with Gasteiger partial charge in [0, 0.05) is 68.6 Å². The number of hydrogen-bond donors (Lipinski definition) is 3. The van der Waals surface area contributed by atoms with E-state index >= 15 is 0 Å². The summed E-state index contributed by atoms with van der Waals surface area (Å²) in [5.74, 6) is -5.48. The number of H-pyrrole nitrogens is 2. The number of nitro benzene ring substituents is 4. The van der Waals surface area contributed by atoms with E-state index in [4.69, 9.17) is 28.9 Å². The summed E-state index contributed by atoms with van der Waals surface area (Å²) in [7, 11) is 0. The highest BCUT2D eigenvalue weighted by Gasteiger charge is 2.32. The first-order chi connectivity index (χ1) is 41.2. The molecule has 13 rings (SSSR count). The molecule has 6 heterocycles. The van der Waals surface area contributed by atoms with Gasteiger partial charge in [-0.15, -0.1) is 0 Å². The van der Waals surface area contributed by atoms with Crippen molar-refractivity contribution in [1.29, 1.82) is 0 Å². The molecular formula is C63H36N8O14. The van der Waals surface area contributed by atoms with Crippen LogP contribution in [0.5, 0.6) is 46.0 Å². The van der Waals surface area contributed by atoms with E-state index in [0.717, 1.165) is 58.1 Å². The zero-order valence-corrected chi connectivity index (χ0v) is 43.5. The Labute approximate surface area is 477 Å². The number of ether oxygens (including phenoxy) is 4. The van der Waals surface area contributed by atoms with Crippen LogP contribution in [0.4, 0.5) is 22.7 Å². The van der Waals surface area contributed by atoms with Crippen LogP contribution in [0.3, 0.4) is 0 Å². The summed E-state index contributed by atoms with van der Waals surface area (Å²) < 4.78 is 24.6. The Morgan fingerprint density at radius 1 is 0.365 bits per heavy atom. The number of aromatic amines is 2. The fourth-order valence-electron chi connectivity index (χ4n) is 10.4. The predicted molar refractivity (Wildman–Crippen MR) is 314 cm³/mol. The normalized spacial score (nSPS) is 12.0. The number of aromatic nitrogens is 4. The van der Waals surface area contributed by atoms with Crippen LogP contribution in [0.1, 0.15) is 33.1 Å². The molecule has 412 valence electrons. The number of carbonyl (C=O) groups is 1. The van der Waals surface area contributed by atoms with E-state index in [0.29, 0.717) is 68.1 Å². The Kier molecular flexibility index (Phi) is 12.7. The highest BCUT2D eigenvalue weighted by atomic mass is 16.6. The summed E-state index contributed by atoms with van der Waals surface area (Å²) in [6, 6.07) is 46.8. The summed E-state index contributed by atoms with van der Waals surface area (Å²) in [6.45, 7) is 0. The molecule has 0 saturated carbocycles. The fourth-order valence-corrected chi connectivity index (χ4v) is 10.4. The second-order valence-corrected chi connectivity index (χ2v) is 19.3. The first kappa shape index (κ1) is 51.8. The van der Waals surface area contributed by atoms with Crippen molar-refractivity contribution in [2.45, 2.75) is 0 Å². The van der Waals surface area contributed by atoms with Crippen molar-refractivity contribution in [3.63, 3.8) is 0 Å². The number of hydrogen-bond acceptors (Lipinski definition) is 15. The van der Waals surface area contributed by atoms with Crippen molar-refractivity contribution in [2.75, 3.05) is 0 Å². The molecule has 22 nitrogen and oxygen atoms in total.